The first-order valence-electron chi connectivity index (χ1n) is 4.26. The molecule has 1 aromatic rings. The summed E-state index contributed by atoms with van der Waals surface area (Å²) in [6.07, 6.45) is 5.90. The Morgan fingerprint density at radius 2 is 2.23 bits per heavy atom. The zero-order chi connectivity index (χ0) is 9.26. The van der Waals surface area contributed by atoms with Crippen LogP contribution in [0.4, 0.5) is 0 Å². The van der Waals surface area contributed by atoms with Crippen LogP contribution in [-0.2, 0) is 0 Å². The summed E-state index contributed by atoms with van der Waals surface area (Å²) in [6, 6.07) is 6.50. The summed E-state index contributed by atoms with van der Waals surface area (Å²) >= 11 is 2.34. The van der Waals surface area contributed by atoms with Gasteiger partial charge in [0.15, 0.2) is 0 Å². The van der Waals surface area contributed by atoms with Crippen molar-refractivity contribution in [1.82, 2.24) is 0 Å². The molecule has 0 saturated heterocycles. The van der Waals surface area contributed by atoms with Gasteiger partial charge in [-0.05, 0) is 51.9 Å². The maximum absolute atomic E-state index is 4.19. The topological polar surface area (TPSA) is 12.4 Å². The molecule has 0 aliphatic carbocycles. The van der Waals surface area contributed by atoms with Gasteiger partial charge in [-0.15, -0.1) is 0 Å². The number of fused-ring (bicyclic) bond motifs is 1. The van der Waals surface area contributed by atoms with Gasteiger partial charge in [-0.3, -0.25) is 4.99 Å². The summed E-state index contributed by atoms with van der Waals surface area (Å²) < 4.78 is 1.28. The van der Waals surface area contributed by atoms with Crippen molar-refractivity contribution in [3.8, 4) is 0 Å². The molecule has 1 aliphatic rings. The third kappa shape index (κ3) is 1.82. The Morgan fingerprint density at radius 3 is 3.08 bits per heavy atom. The van der Waals surface area contributed by atoms with Crippen molar-refractivity contribution in [3.63, 3.8) is 0 Å². The molecule has 2 heteroatoms. The fraction of sp³-hybridized carbons (Fsp3) is 0.182. The molecule has 2 rings (SSSR count). The molecule has 0 bridgehead atoms. The number of aliphatic imine (C=N–C) groups is 1. The Kier molecular flexibility index (Phi) is 2.49. The average Bonchev–Trinajstić information content (AvgIpc) is 2.29. The highest BCUT2D eigenvalue weighted by Gasteiger charge is 2.08. The Labute approximate surface area is 91.7 Å². The van der Waals surface area contributed by atoms with Crippen LogP contribution in [0.15, 0.2) is 29.4 Å². The van der Waals surface area contributed by atoms with Crippen molar-refractivity contribution in [3.05, 3.63) is 39.1 Å². The predicted molar refractivity (Wildman–Crippen MR) is 65.1 cm³/mol. The molecule has 0 N–H and O–H groups in total. The minimum atomic E-state index is 0.416. The van der Waals surface area contributed by atoms with Crippen molar-refractivity contribution in [2.45, 2.75) is 12.8 Å². The Morgan fingerprint density at radius 1 is 1.38 bits per heavy atom. The molecule has 0 spiro atoms. The molecule has 0 saturated carbocycles. The lowest BCUT2D eigenvalue weighted by molar-refractivity contribution is 1.04. The maximum atomic E-state index is 4.19. The second-order valence-corrected chi connectivity index (χ2v) is 4.42. The van der Waals surface area contributed by atoms with Gasteiger partial charge in [0.25, 0.3) is 0 Å². The fourth-order valence-corrected chi connectivity index (χ4v) is 1.99. The zero-order valence-corrected chi connectivity index (χ0v) is 9.52. The van der Waals surface area contributed by atoms with E-state index in [-0.39, 0.29) is 0 Å². The lowest BCUT2D eigenvalue weighted by Gasteiger charge is -2.08. The average molecular weight is 283 g/mol. The van der Waals surface area contributed by atoms with Crippen molar-refractivity contribution < 1.29 is 0 Å². The lowest BCUT2D eigenvalue weighted by Crippen LogP contribution is -1.96. The van der Waals surface area contributed by atoms with Crippen LogP contribution >= 0.6 is 22.6 Å². The molecule has 0 radical (unpaired) electrons. The molecule has 0 aromatic heterocycles. The highest BCUT2D eigenvalue weighted by molar-refractivity contribution is 14.1. The summed E-state index contributed by atoms with van der Waals surface area (Å²) in [5, 5.41) is 0. The number of benzene rings is 1. The van der Waals surface area contributed by atoms with E-state index in [0.29, 0.717) is 5.92 Å². The van der Waals surface area contributed by atoms with Crippen LogP contribution in [0.2, 0.25) is 0 Å². The van der Waals surface area contributed by atoms with E-state index in [1.54, 1.807) is 0 Å². The van der Waals surface area contributed by atoms with Gasteiger partial charge in [0, 0.05) is 21.9 Å². The second-order valence-electron chi connectivity index (χ2n) is 3.18. The normalized spacial score (nSPS) is 19.7. The van der Waals surface area contributed by atoms with Gasteiger partial charge in [-0.1, -0.05) is 13.0 Å². The van der Waals surface area contributed by atoms with Gasteiger partial charge < -0.3 is 0 Å². The summed E-state index contributed by atoms with van der Waals surface area (Å²) in [6.45, 7) is 2.17. The van der Waals surface area contributed by atoms with Crippen molar-refractivity contribution >= 4 is 34.9 Å². The molecular weight excluding hydrogens is 273 g/mol. The van der Waals surface area contributed by atoms with Crippen molar-refractivity contribution in [2.75, 3.05) is 0 Å². The maximum Gasteiger partial charge on any atom is 0.0270 e. The zero-order valence-electron chi connectivity index (χ0n) is 7.37. The molecule has 66 valence electrons. The molecule has 1 atom stereocenters. The Balaban J connectivity index is 2.58. The minimum Gasteiger partial charge on any atom is -0.268 e. The highest BCUT2D eigenvalue weighted by Crippen LogP contribution is 2.24. The van der Waals surface area contributed by atoms with E-state index in [9.17, 15) is 0 Å². The number of hydrogen-bond acceptors (Lipinski definition) is 1. The number of rotatable bonds is 0. The van der Waals surface area contributed by atoms with Gasteiger partial charge in [0.1, 0.15) is 0 Å². The summed E-state index contributed by atoms with van der Waals surface area (Å²) in [4.78, 5) is 4.19. The fourth-order valence-electron chi connectivity index (χ4n) is 1.47. The van der Waals surface area contributed by atoms with E-state index in [0.717, 1.165) is 0 Å². The molecular formula is C11H10IN. The third-order valence-electron chi connectivity index (χ3n) is 2.19. The Hall–Kier alpha value is -0.640. The summed E-state index contributed by atoms with van der Waals surface area (Å²) in [7, 11) is 0. The molecule has 1 aromatic carbocycles. The number of halogens is 1. The van der Waals surface area contributed by atoms with Crippen LogP contribution in [-0.4, -0.2) is 6.21 Å². The molecule has 1 nitrogen and oxygen atoms in total. The molecule has 0 amide bonds. The minimum absolute atomic E-state index is 0.416. The van der Waals surface area contributed by atoms with Crippen molar-refractivity contribution in [2.24, 2.45) is 4.99 Å². The summed E-state index contributed by atoms with van der Waals surface area (Å²) in [5.74, 6) is 0.416. The highest BCUT2D eigenvalue weighted by atomic mass is 127. The van der Waals surface area contributed by atoms with Crippen molar-refractivity contribution in [1.29, 1.82) is 0 Å². The van der Waals surface area contributed by atoms with E-state index in [1.165, 1.54) is 14.7 Å². The quantitative estimate of drug-likeness (QED) is 0.647. The van der Waals surface area contributed by atoms with Gasteiger partial charge in [-0.25, -0.2) is 0 Å². The SMILES string of the molecule is CC1C=NC=Cc2ccc(I)cc21. The molecule has 1 unspecified atom stereocenters. The number of nitrogens with zero attached hydrogens (tertiary/aromatic N) is 1. The number of hydrogen-bond donors (Lipinski definition) is 0. The van der Waals surface area contributed by atoms with Gasteiger partial charge >= 0.3 is 0 Å². The first-order chi connectivity index (χ1) is 6.27. The van der Waals surface area contributed by atoms with Crippen LogP contribution < -0.4 is 0 Å². The lowest BCUT2D eigenvalue weighted by atomic mass is 9.97. The molecule has 13 heavy (non-hydrogen) atoms. The van der Waals surface area contributed by atoms with Crippen LogP contribution in [0.5, 0.6) is 0 Å². The first kappa shape index (κ1) is 8.94. The molecule has 0 fully saturated rings. The first-order valence-corrected chi connectivity index (χ1v) is 5.34. The van der Waals surface area contributed by atoms with Crippen LogP contribution in [0.25, 0.3) is 6.08 Å². The molecule has 1 aliphatic heterocycles. The van der Waals surface area contributed by atoms with Gasteiger partial charge in [-0.2, -0.15) is 0 Å². The standard InChI is InChI=1S/C11H10IN/c1-8-7-13-5-4-9-2-3-10(12)6-11(8)9/h2-8H,1H3. The smallest absolute Gasteiger partial charge is 0.0270 e. The van der Waals surface area contributed by atoms with E-state index < -0.39 is 0 Å². The van der Waals surface area contributed by atoms with Crippen LogP contribution in [0, 0.1) is 3.57 Å². The van der Waals surface area contributed by atoms with Gasteiger partial charge in [0.05, 0.1) is 0 Å². The van der Waals surface area contributed by atoms with Crippen LogP contribution in [0.1, 0.15) is 24.0 Å². The van der Waals surface area contributed by atoms with E-state index in [2.05, 4.69) is 58.8 Å². The third-order valence-corrected chi connectivity index (χ3v) is 2.86. The Bertz CT molecular complexity index is 380. The van der Waals surface area contributed by atoms with E-state index in [4.69, 9.17) is 0 Å². The van der Waals surface area contributed by atoms with Gasteiger partial charge in [0.2, 0.25) is 0 Å². The largest absolute Gasteiger partial charge is 0.268 e. The monoisotopic (exact) mass is 283 g/mol. The predicted octanol–water partition coefficient (Wildman–Crippen LogP) is 3.45. The van der Waals surface area contributed by atoms with Crippen LogP contribution in [0.3, 0.4) is 0 Å². The molecule has 1 heterocycles. The summed E-state index contributed by atoms with van der Waals surface area (Å²) in [5.41, 5.74) is 2.65. The van der Waals surface area contributed by atoms with E-state index >= 15 is 0 Å². The second kappa shape index (κ2) is 3.62. The van der Waals surface area contributed by atoms with E-state index in [1.807, 2.05) is 12.4 Å².